The van der Waals surface area contributed by atoms with Crippen molar-refractivity contribution in [1.82, 2.24) is 24.6 Å². The smallest absolute Gasteiger partial charge is 0.162 e. The van der Waals surface area contributed by atoms with Crippen LogP contribution in [-0.4, -0.2) is 58.0 Å². The highest BCUT2D eigenvalue weighted by atomic mass is 127. The summed E-state index contributed by atoms with van der Waals surface area (Å²) in [4.78, 5) is 10.9. The van der Waals surface area contributed by atoms with E-state index in [1.807, 2.05) is 6.20 Å². The fourth-order valence-corrected chi connectivity index (χ4v) is 3.37. The van der Waals surface area contributed by atoms with Crippen LogP contribution in [0.1, 0.15) is 18.9 Å². The minimum Gasteiger partial charge on any atom is -0.383 e. The summed E-state index contributed by atoms with van der Waals surface area (Å²) in [7, 11) is 1.75. The molecule has 0 amide bonds. The Morgan fingerprint density at radius 3 is 3.25 bits per heavy atom. The average Bonchev–Trinajstić information content (AvgIpc) is 2.83. The molecule has 0 spiro atoms. The highest BCUT2D eigenvalue weighted by Gasteiger charge is 2.24. The Balaban J connectivity index is 1.83. The number of piperidine rings is 1. The molecule has 1 aliphatic rings. The lowest BCUT2D eigenvalue weighted by Crippen LogP contribution is -2.38. The molecule has 3 rings (SSSR count). The Labute approximate surface area is 131 Å². The van der Waals surface area contributed by atoms with E-state index in [1.54, 1.807) is 13.4 Å². The van der Waals surface area contributed by atoms with Gasteiger partial charge in [0.25, 0.3) is 0 Å². The van der Waals surface area contributed by atoms with E-state index >= 15 is 0 Å². The zero-order chi connectivity index (χ0) is 13.9. The highest BCUT2D eigenvalue weighted by Crippen LogP contribution is 2.26. The summed E-state index contributed by atoms with van der Waals surface area (Å²) in [5.74, 6) is 0. The second-order valence-corrected chi connectivity index (χ2v) is 6.11. The molecule has 0 aliphatic carbocycles. The lowest BCUT2D eigenvalue weighted by molar-refractivity contribution is 0.114. The SMILES string of the molecule is COCCN1CCC[C@H](n2nc(I)c3cncnc32)C1. The quantitative estimate of drug-likeness (QED) is 0.748. The van der Waals surface area contributed by atoms with Crippen molar-refractivity contribution < 1.29 is 4.74 Å². The molecule has 2 aromatic heterocycles. The average molecular weight is 387 g/mol. The maximum Gasteiger partial charge on any atom is 0.162 e. The summed E-state index contributed by atoms with van der Waals surface area (Å²) in [5, 5.41) is 5.71. The van der Waals surface area contributed by atoms with Gasteiger partial charge in [-0.3, -0.25) is 4.90 Å². The van der Waals surface area contributed by atoms with E-state index in [4.69, 9.17) is 4.74 Å². The zero-order valence-corrected chi connectivity index (χ0v) is 13.7. The number of rotatable bonds is 4. The van der Waals surface area contributed by atoms with Gasteiger partial charge in [-0.1, -0.05) is 0 Å². The van der Waals surface area contributed by atoms with Crippen LogP contribution in [0.25, 0.3) is 11.0 Å². The molecule has 108 valence electrons. The van der Waals surface area contributed by atoms with Gasteiger partial charge in [0.15, 0.2) is 5.65 Å². The standard InChI is InChI=1S/C13H18IN5O/c1-20-6-5-18-4-2-3-10(8-18)19-13-11(12(14)17-19)7-15-9-16-13/h7,9-10H,2-6,8H2,1H3/t10-/m0/s1. The van der Waals surface area contributed by atoms with Gasteiger partial charge in [-0.05, 0) is 42.0 Å². The van der Waals surface area contributed by atoms with Gasteiger partial charge in [0, 0.05) is 26.4 Å². The van der Waals surface area contributed by atoms with Crippen LogP contribution in [0, 0.1) is 3.70 Å². The van der Waals surface area contributed by atoms with E-state index in [-0.39, 0.29) is 0 Å². The molecule has 20 heavy (non-hydrogen) atoms. The van der Waals surface area contributed by atoms with Crippen molar-refractivity contribution in [1.29, 1.82) is 0 Å². The first-order valence-electron chi connectivity index (χ1n) is 6.84. The normalized spacial score (nSPS) is 20.6. The van der Waals surface area contributed by atoms with Crippen LogP contribution in [0.3, 0.4) is 0 Å². The maximum atomic E-state index is 5.17. The van der Waals surface area contributed by atoms with Crippen LogP contribution in [0.4, 0.5) is 0 Å². The third kappa shape index (κ3) is 2.79. The Hall–Kier alpha value is -0.800. The van der Waals surface area contributed by atoms with Crippen molar-refractivity contribution in [3.63, 3.8) is 0 Å². The van der Waals surface area contributed by atoms with Gasteiger partial charge in [0.2, 0.25) is 0 Å². The minimum atomic E-state index is 0.390. The third-order valence-corrected chi connectivity index (χ3v) is 4.56. The number of nitrogens with zero attached hydrogens (tertiary/aromatic N) is 5. The number of hydrogen-bond acceptors (Lipinski definition) is 5. The van der Waals surface area contributed by atoms with Crippen LogP contribution < -0.4 is 0 Å². The van der Waals surface area contributed by atoms with Gasteiger partial charge in [0.05, 0.1) is 18.0 Å². The van der Waals surface area contributed by atoms with Crippen LogP contribution in [0.2, 0.25) is 0 Å². The van der Waals surface area contributed by atoms with Crippen LogP contribution in [-0.2, 0) is 4.74 Å². The van der Waals surface area contributed by atoms with Gasteiger partial charge < -0.3 is 4.74 Å². The molecule has 1 saturated heterocycles. The molecule has 2 aromatic rings. The molecule has 0 unspecified atom stereocenters. The summed E-state index contributed by atoms with van der Waals surface area (Å²) in [6.45, 7) is 3.93. The lowest BCUT2D eigenvalue weighted by atomic mass is 10.1. The molecule has 1 fully saturated rings. The fourth-order valence-electron chi connectivity index (χ4n) is 2.76. The van der Waals surface area contributed by atoms with Gasteiger partial charge >= 0.3 is 0 Å². The first kappa shape index (κ1) is 14.2. The van der Waals surface area contributed by atoms with Crippen molar-refractivity contribution in [2.75, 3.05) is 33.4 Å². The van der Waals surface area contributed by atoms with Gasteiger partial charge in [-0.2, -0.15) is 5.10 Å². The second kappa shape index (κ2) is 6.31. The van der Waals surface area contributed by atoms with E-state index < -0.39 is 0 Å². The van der Waals surface area contributed by atoms with Crippen molar-refractivity contribution in [2.24, 2.45) is 0 Å². The van der Waals surface area contributed by atoms with Gasteiger partial charge in [-0.15, -0.1) is 0 Å². The van der Waals surface area contributed by atoms with E-state index in [1.165, 1.54) is 6.42 Å². The van der Waals surface area contributed by atoms with Gasteiger partial charge in [0.1, 0.15) is 10.0 Å². The Bertz CT molecular complexity index is 587. The second-order valence-electron chi connectivity index (χ2n) is 5.08. The molecular weight excluding hydrogens is 369 g/mol. The first-order valence-corrected chi connectivity index (χ1v) is 7.92. The number of ether oxygens (including phenoxy) is 1. The molecule has 0 aromatic carbocycles. The number of methoxy groups -OCH3 is 1. The van der Waals surface area contributed by atoms with E-state index in [0.717, 1.165) is 47.4 Å². The summed E-state index contributed by atoms with van der Waals surface area (Å²) in [6.07, 6.45) is 5.79. The molecule has 7 heteroatoms. The maximum absolute atomic E-state index is 5.17. The number of hydrogen-bond donors (Lipinski definition) is 0. The number of halogens is 1. The Morgan fingerprint density at radius 1 is 1.50 bits per heavy atom. The van der Waals surface area contributed by atoms with E-state index in [0.29, 0.717) is 6.04 Å². The molecule has 0 N–H and O–H groups in total. The minimum absolute atomic E-state index is 0.390. The summed E-state index contributed by atoms with van der Waals surface area (Å²) < 4.78 is 8.23. The lowest BCUT2D eigenvalue weighted by Gasteiger charge is -2.32. The van der Waals surface area contributed by atoms with Crippen molar-refractivity contribution in [3.05, 3.63) is 16.2 Å². The number of fused-ring (bicyclic) bond motifs is 1. The number of likely N-dealkylation sites (tertiary alicyclic amines) is 1. The predicted molar refractivity (Wildman–Crippen MR) is 84.6 cm³/mol. The van der Waals surface area contributed by atoms with Crippen LogP contribution in [0.5, 0.6) is 0 Å². The summed E-state index contributed by atoms with van der Waals surface area (Å²) in [5.41, 5.74) is 0.947. The first-order chi connectivity index (χ1) is 9.79. The topological polar surface area (TPSA) is 56.1 Å². The molecule has 6 nitrogen and oxygen atoms in total. The van der Waals surface area contributed by atoms with Crippen LogP contribution >= 0.6 is 22.6 Å². The Morgan fingerprint density at radius 2 is 2.40 bits per heavy atom. The molecule has 1 aliphatic heterocycles. The fraction of sp³-hybridized carbons (Fsp3) is 0.615. The summed E-state index contributed by atoms with van der Waals surface area (Å²) in [6, 6.07) is 0.390. The van der Waals surface area contributed by atoms with E-state index in [9.17, 15) is 0 Å². The van der Waals surface area contributed by atoms with Gasteiger partial charge in [-0.25, -0.2) is 14.6 Å². The highest BCUT2D eigenvalue weighted by molar-refractivity contribution is 14.1. The molecule has 0 saturated carbocycles. The monoisotopic (exact) mass is 387 g/mol. The van der Waals surface area contributed by atoms with Crippen LogP contribution in [0.15, 0.2) is 12.5 Å². The molecule has 0 radical (unpaired) electrons. The molecule has 1 atom stereocenters. The third-order valence-electron chi connectivity index (χ3n) is 3.76. The predicted octanol–water partition coefficient (Wildman–Crippen LogP) is 1.71. The molecule has 3 heterocycles. The van der Waals surface area contributed by atoms with Crippen molar-refractivity contribution >= 4 is 33.6 Å². The number of aromatic nitrogens is 4. The van der Waals surface area contributed by atoms with Crippen molar-refractivity contribution in [2.45, 2.75) is 18.9 Å². The van der Waals surface area contributed by atoms with Crippen molar-refractivity contribution in [3.8, 4) is 0 Å². The molecular formula is C13H18IN5O. The molecule has 0 bridgehead atoms. The Kier molecular flexibility index (Phi) is 4.47. The van der Waals surface area contributed by atoms with E-state index in [2.05, 4.69) is 47.2 Å². The zero-order valence-electron chi connectivity index (χ0n) is 11.5. The summed E-state index contributed by atoms with van der Waals surface area (Å²) >= 11 is 2.26. The largest absolute Gasteiger partial charge is 0.383 e.